The molecule has 8 nitrogen and oxygen atoms in total. The van der Waals surface area contributed by atoms with Crippen molar-refractivity contribution in [2.24, 2.45) is 0 Å². The lowest BCUT2D eigenvalue weighted by Crippen LogP contribution is -2.49. The summed E-state index contributed by atoms with van der Waals surface area (Å²) >= 11 is 1.30. The Kier molecular flexibility index (Phi) is 5.18. The molecule has 29 heavy (non-hydrogen) atoms. The van der Waals surface area contributed by atoms with Gasteiger partial charge in [0.2, 0.25) is 17.7 Å². The van der Waals surface area contributed by atoms with Gasteiger partial charge < -0.3 is 19.9 Å². The molecule has 0 bridgehead atoms. The van der Waals surface area contributed by atoms with Crippen LogP contribution in [-0.4, -0.2) is 55.5 Å². The summed E-state index contributed by atoms with van der Waals surface area (Å²) in [5.41, 5.74) is 2.36. The van der Waals surface area contributed by atoms with Gasteiger partial charge in [0, 0.05) is 12.7 Å². The summed E-state index contributed by atoms with van der Waals surface area (Å²) in [5, 5.41) is 4.60. The number of likely N-dealkylation sites (tertiary alicyclic amines) is 1. The Morgan fingerprint density at radius 3 is 3.03 bits per heavy atom. The van der Waals surface area contributed by atoms with Crippen molar-refractivity contribution < 1.29 is 13.9 Å². The Morgan fingerprint density at radius 2 is 2.31 bits per heavy atom. The monoisotopic (exact) mass is 416 g/mol. The third kappa shape index (κ3) is 3.93. The highest BCUT2D eigenvalue weighted by molar-refractivity contribution is 7.10. The predicted molar refractivity (Wildman–Crippen MR) is 109 cm³/mol. The largest absolute Gasteiger partial charge is 0.469 e. The number of ether oxygens (including phenoxy) is 1. The molecule has 4 rings (SSSR count). The Bertz CT molecular complexity index is 1060. The highest BCUT2D eigenvalue weighted by Gasteiger charge is 2.33. The first kappa shape index (κ1) is 19.3. The lowest BCUT2D eigenvalue weighted by molar-refractivity contribution is -0.130. The molecule has 1 saturated heterocycles. The van der Waals surface area contributed by atoms with E-state index in [1.54, 1.807) is 6.20 Å². The maximum absolute atomic E-state index is 14.6. The summed E-state index contributed by atoms with van der Waals surface area (Å²) < 4.78 is 24.8. The molecular formula is C19H21FN6O2S. The molecule has 3 aromatic rings. The standard InChI is InChI=1S/C19H21FN6O2S/c1-4-15(27)26-6-5-12(20)13(9-26)28-18-16-10(2)8-21-17(16)23-19(24-18)22-14-7-11(3)25-29-14/h4,7-8,12-13H,1,5-6,9H2,2-3H3,(H2,21,22,23,24)/t12-,13+/m1/s1. The first-order valence-electron chi connectivity index (χ1n) is 9.22. The molecular weight excluding hydrogens is 395 g/mol. The molecule has 0 aliphatic carbocycles. The lowest BCUT2D eigenvalue weighted by Gasteiger charge is -2.34. The second kappa shape index (κ2) is 7.78. The maximum atomic E-state index is 14.6. The van der Waals surface area contributed by atoms with Gasteiger partial charge >= 0.3 is 0 Å². The number of amides is 1. The molecule has 0 radical (unpaired) electrons. The predicted octanol–water partition coefficient (Wildman–Crippen LogP) is 3.28. The molecule has 2 atom stereocenters. The van der Waals surface area contributed by atoms with Gasteiger partial charge in [0.15, 0.2) is 0 Å². The zero-order chi connectivity index (χ0) is 20.5. The van der Waals surface area contributed by atoms with Gasteiger partial charge in [0.05, 0.1) is 17.6 Å². The van der Waals surface area contributed by atoms with Gasteiger partial charge in [-0.15, -0.1) is 0 Å². The molecule has 0 aromatic carbocycles. The summed E-state index contributed by atoms with van der Waals surface area (Å²) in [5.74, 6) is 0.361. The van der Waals surface area contributed by atoms with Crippen molar-refractivity contribution in [3.8, 4) is 5.88 Å². The maximum Gasteiger partial charge on any atom is 0.246 e. The Labute approximate surface area is 171 Å². The quantitative estimate of drug-likeness (QED) is 0.620. The first-order chi connectivity index (χ1) is 13.9. The first-order valence-corrected chi connectivity index (χ1v) is 10.00. The van der Waals surface area contributed by atoms with E-state index in [0.29, 0.717) is 23.5 Å². The number of nitrogens with one attached hydrogen (secondary N) is 2. The van der Waals surface area contributed by atoms with Crippen molar-refractivity contribution in [3.05, 3.63) is 36.2 Å². The number of H-pyrrole nitrogens is 1. The minimum Gasteiger partial charge on any atom is -0.469 e. The van der Waals surface area contributed by atoms with E-state index in [4.69, 9.17) is 4.74 Å². The summed E-state index contributed by atoms with van der Waals surface area (Å²) in [6.45, 7) is 7.77. The number of aryl methyl sites for hydroxylation is 2. The smallest absolute Gasteiger partial charge is 0.246 e. The second-order valence-electron chi connectivity index (χ2n) is 6.95. The van der Waals surface area contributed by atoms with Crippen molar-refractivity contribution in [1.82, 2.24) is 24.2 Å². The molecule has 0 unspecified atom stereocenters. The number of anilines is 2. The molecule has 1 fully saturated rings. The molecule has 1 amide bonds. The van der Waals surface area contributed by atoms with Crippen LogP contribution in [0.15, 0.2) is 24.9 Å². The molecule has 10 heteroatoms. The number of nitrogens with zero attached hydrogens (tertiary/aromatic N) is 4. The molecule has 0 spiro atoms. The molecule has 3 aromatic heterocycles. The number of piperidine rings is 1. The van der Waals surface area contributed by atoms with Crippen molar-refractivity contribution in [2.45, 2.75) is 32.5 Å². The van der Waals surface area contributed by atoms with E-state index >= 15 is 0 Å². The number of fused-ring (bicyclic) bond motifs is 1. The van der Waals surface area contributed by atoms with Gasteiger partial charge in [-0.1, -0.05) is 6.58 Å². The van der Waals surface area contributed by atoms with Gasteiger partial charge in [0.1, 0.15) is 22.9 Å². The molecule has 2 N–H and O–H groups in total. The zero-order valence-corrected chi connectivity index (χ0v) is 16.9. The number of alkyl halides is 1. The summed E-state index contributed by atoms with van der Waals surface area (Å²) in [4.78, 5) is 25.5. The van der Waals surface area contributed by atoms with Crippen LogP contribution in [0.5, 0.6) is 5.88 Å². The van der Waals surface area contributed by atoms with Crippen LogP contribution in [0, 0.1) is 13.8 Å². The fourth-order valence-electron chi connectivity index (χ4n) is 3.29. The third-order valence-corrected chi connectivity index (χ3v) is 5.58. The minimum atomic E-state index is -1.20. The minimum absolute atomic E-state index is 0.137. The van der Waals surface area contributed by atoms with E-state index in [1.807, 2.05) is 19.9 Å². The summed E-state index contributed by atoms with van der Waals surface area (Å²) in [6, 6.07) is 1.89. The van der Waals surface area contributed by atoms with Crippen LogP contribution < -0.4 is 10.1 Å². The highest BCUT2D eigenvalue weighted by atomic mass is 32.1. The number of carbonyl (C=O) groups is 1. The number of halogens is 1. The van der Waals surface area contributed by atoms with E-state index in [9.17, 15) is 9.18 Å². The average molecular weight is 416 g/mol. The van der Waals surface area contributed by atoms with Crippen molar-refractivity contribution in [1.29, 1.82) is 0 Å². The van der Waals surface area contributed by atoms with Crippen molar-refractivity contribution in [3.63, 3.8) is 0 Å². The van der Waals surface area contributed by atoms with Gasteiger partial charge in [-0.25, -0.2) is 4.39 Å². The van der Waals surface area contributed by atoms with E-state index < -0.39 is 12.3 Å². The van der Waals surface area contributed by atoms with E-state index in [2.05, 4.69) is 31.2 Å². The molecule has 152 valence electrons. The average Bonchev–Trinajstić information content (AvgIpc) is 3.28. The van der Waals surface area contributed by atoms with E-state index in [-0.39, 0.29) is 24.8 Å². The molecule has 1 aliphatic rings. The Balaban J connectivity index is 1.65. The van der Waals surface area contributed by atoms with Crippen LogP contribution in [0.2, 0.25) is 0 Å². The topological polar surface area (TPSA) is 96.0 Å². The summed E-state index contributed by atoms with van der Waals surface area (Å²) in [6.07, 6.45) is 1.21. The Morgan fingerprint density at radius 1 is 1.48 bits per heavy atom. The molecule has 4 heterocycles. The highest BCUT2D eigenvalue weighted by Crippen LogP contribution is 2.31. The van der Waals surface area contributed by atoms with Crippen molar-refractivity contribution in [2.75, 3.05) is 18.4 Å². The van der Waals surface area contributed by atoms with Gasteiger partial charge in [-0.2, -0.15) is 14.3 Å². The fourth-order valence-corrected chi connectivity index (χ4v) is 3.95. The van der Waals surface area contributed by atoms with E-state index in [1.165, 1.54) is 22.5 Å². The van der Waals surface area contributed by atoms with E-state index in [0.717, 1.165) is 16.3 Å². The van der Waals surface area contributed by atoms with Crippen LogP contribution >= 0.6 is 11.5 Å². The van der Waals surface area contributed by atoms with Crippen LogP contribution in [0.3, 0.4) is 0 Å². The van der Waals surface area contributed by atoms with Crippen LogP contribution in [0.4, 0.5) is 15.3 Å². The van der Waals surface area contributed by atoms with Gasteiger partial charge in [-0.3, -0.25) is 4.79 Å². The number of hydrogen-bond acceptors (Lipinski definition) is 7. The van der Waals surface area contributed by atoms with Gasteiger partial charge in [0.25, 0.3) is 0 Å². The lowest BCUT2D eigenvalue weighted by atomic mass is 10.1. The molecule has 1 aliphatic heterocycles. The number of aromatic nitrogens is 4. The van der Waals surface area contributed by atoms with Crippen LogP contribution in [-0.2, 0) is 4.79 Å². The third-order valence-electron chi connectivity index (χ3n) is 4.79. The number of carbonyl (C=O) groups excluding carboxylic acids is 1. The number of hydrogen-bond donors (Lipinski definition) is 2. The van der Waals surface area contributed by atoms with Crippen LogP contribution in [0.25, 0.3) is 11.0 Å². The second-order valence-corrected chi connectivity index (χ2v) is 7.76. The number of aromatic amines is 1. The SMILES string of the molecule is C=CC(=O)N1CC[C@@H](F)[C@@H](Oc2nc(Nc3cc(C)ns3)nc3[nH]cc(C)c23)C1. The zero-order valence-electron chi connectivity index (χ0n) is 16.1. The molecule has 0 saturated carbocycles. The number of rotatable bonds is 5. The van der Waals surface area contributed by atoms with Crippen LogP contribution in [0.1, 0.15) is 17.7 Å². The fraction of sp³-hybridized carbons (Fsp3) is 0.368. The van der Waals surface area contributed by atoms with Crippen molar-refractivity contribution >= 4 is 39.4 Å². The summed E-state index contributed by atoms with van der Waals surface area (Å²) in [7, 11) is 0. The van der Waals surface area contributed by atoms with Gasteiger partial charge in [-0.05, 0) is 49.5 Å². The Hall–Kier alpha value is -3.01. The normalized spacial score (nSPS) is 19.3.